The Morgan fingerprint density at radius 1 is 1.53 bits per heavy atom. The van der Waals surface area contributed by atoms with E-state index < -0.39 is 0 Å². The predicted octanol–water partition coefficient (Wildman–Crippen LogP) is 1.64. The molecule has 19 heavy (non-hydrogen) atoms. The first kappa shape index (κ1) is 15.2. The highest BCUT2D eigenvalue weighted by molar-refractivity contribution is 5.91. The van der Waals surface area contributed by atoms with Gasteiger partial charge < -0.3 is 15.2 Å². The first-order valence-corrected chi connectivity index (χ1v) is 6.14. The summed E-state index contributed by atoms with van der Waals surface area (Å²) in [6.07, 6.45) is 0.417. The van der Waals surface area contributed by atoms with Gasteiger partial charge in [-0.2, -0.15) is 0 Å². The fourth-order valence-electron chi connectivity index (χ4n) is 1.69. The van der Waals surface area contributed by atoms with E-state index in [-0.39, 0.29) is 18.4 Å². The van der Waals surface area contributed by atoms with Gasteiger partial charge in [-0.15, -0.1) is 0 Å². The van der Waals surface area contributed by atoms with Gasteiger partial charge in [-0.3, -0.25) is 4.79 Å². The number of hydrogen-bond donors (Lipinski definition) is 2. The normalized spacial score (nSPS) is 11.3. The van der Waals surface area contributed by atoms with Crippen LogP contribution in [-0.2, 0) is 9.53 Å². The van der Waals surface area contributed by atoms with Crippen molar-refractivity contribution in [3.8, 4) is 11.8 Å². The second-order valence-corrected chi connectivity index (χ2v) is 4.35. The number of aliphatic hydroxyl groups excluding tert-OH is 1. The molecule has 2 N–H and O–H groups in total. The van der Waals surface area contributed by atoms with E-state index in [1.54, 1.807) is 13.2 Å². The number of hydrogen-bond acceptors (Lipinski definition) is 3. The molecule has 0 aliphatic rings. The van der Waals surface area contributed by atoms with Crippen LogP contribution in [-0.4, -0.2) is 31.3 Å². The summed E-state index contributed by atoms with van der Waals surface area (Å²) in [5, 5.41) is 11.5. The van der Waals surface area contributed by atoms with Crippen LogP contribution in [0.25, 0.3) is 0 Å². The van der Waals surface area contributed by atoms with Crippen molar-refractivity contribution in [1.82, 2.24) is 0 Å². The van der Waals surface area contributed by atoms with Crippen LogP contribution < -0.4 is 5.32 Å². The molecule has 1 rings (SSSR count). The lowest BCUT2D eigenvalue weighted by molar-refractivity contribution is -0.117. The summed E-state index contributed by atoms with van der Waals surface area (Å²) in [6, 6.07) is 7.23. The van der Waals surface area contributed by atoms with Gasteiger partial charge in [-0.1, -0.05) is 24.8 Å². The van der Waals surface area contributed by atoms with Crippen LogP contribution in [0.2, 0.25) is 0 Å². The molecule has 0 fully saturated rings. The Bertz CT molecular complexity index is 474. The molecule has 1 unspecified atom stereocenters. The number of benzene rings is 1. The lowest BCUT2D eigenvalue weighted by Crippen LogP contribution is -2.17. The van der Waals surface area contributed by atoms with Gasteiger partial charge in [-0.25, -0.2) is 0 Å². The van der Waals surface area contributed by atoms with Crippen molar-refractivity contribution in [2.45, 2.75) is 13.3 Å². The molecular weight excluding hydrogens is 242 g/mol. The van der Waals surface area contributed by atoms with E-state index in [1.165, 1.54) is 0 Å². The topological polar surface area (TPSA) is 58.6 Å². The molecule has 1 atom stereocenters. The number of carbonyl (C=O) groups is 1. The summed E-state index contributed by atoms with van der Waals surface area (Å²) in [5.74, 6) is 5.51. The van der Waals surface area contributed by atoms with Gasteiger partial charge in [0.15, 0.2) is 0 Å². The van der Waals surface area contributed by atoms with Crippen molar-refractivity contribution in [3.63, 3.8) is 0 Å². The Morgan fingerprint density at radius 3 is 3.00 bits per heavy atom. The summed E-state index contributed by atoms with van der Waals surface area (Å²) >= 11 is 0. The first-order chi connectivity index (χ1) is 9.15. The van der Waals surface area contributed by atoms with E-state index >= 15 is 0 Å². The summed E-state index contributed by atoms with van der Waals surface area (Å²) < 4.78 is 5.00. The Kier molecular flexibility index (Phi) is 6.65. The smallest absolute Gasteiger partial charge is 0.224 e. The molecule has 4 nitrogen and oxygen atoms in total. The number of nitrogens with one attached hydrogen (secondary N) is 1. The third-order valence-corrected chi connectivity index (χ3v) is 2.44. The van der Waals surface area contributed by atoms with Gasteiger partial charge in [0.25, 0.3) is 0 Å². The van der Waals surface area contributed by atoms with Crippen molar-refractivity contribution in [2.24, 2.45) is 5.92 Å². The Balaban J connectivity index is 2.59. The van der Waals surface area contributed by atoms with Crippen LogP contribution >= 0.6 is 0 Å². The number of methoxy groups -OCH3 is 1. The molecule has 0 saturated heterocycles. The molecule has 0 bridgehead atoms. The lowest BCUT2D eigenvalue weighted by atomic mass is 10.1. The van der Waals surface area contributed by atoms with Crippen molar-refractivity contribution < 1.29 is 14.6 Å². The lowest BCUT2D eigenvalue weighted by Gasteiger charge is -2.10. The molecule has 0 radical (unpaired) electrons. The molecule has 0 aliphatic heterocycles. The zero-order valence-corrected chi connectivity index (χ0v) is 11.3. The minimum atomic E-state index is -0.175. The number of rotatable bonds is 5. The van der Waals surface area contributed by atoms with E-state index in [4.69, 9.17) is 9.84 Å². The van der Waals surface area contributed by atoms with Crippen molar-refractivity contribution in [2.75, 3.05) is 25.6 Å². The van der Waals surface area contributed by atoms with Crippen molar-refractivity contribution in [3.05, 3.63) is 29.8 Å². The highest BCUT2D eigenvalue weighted by atomic mass is 16.5. The van der Waals surface area contributed by atoms with Gasteiger partial charge in [0.2, 0.25) is 5.91 Å². The molecule has 0 heterocycles. The number of carbonyl (C=O) groups excluding carboxylic acids is 1. The highest BCUT2D eigenvalue weighted by Crippen LogP contribution is 2.11. The van der Waals surface area contributed by atoms with E-state index in [0.29, 0.717) is 18.7 Å². The summed E-state index contributed by atoms with van der Waals surface area (Å²) in [4.78, 5) is 11.8. The second kappa shape index (κ2) is 8.30. The maximum atomic E-state index is 11.8. The quantitative estimate of drug-likeness (QED) is 0.792. The highest BCUT2D eigenvalue weighted by Gasteiger charge is 2.09. The van der Waals surface area contributed by atoms with Crippen LogP contribution in [0, 0.1) is 17.8 Å². The molecule has 102 valence electrons. The molecule has 1 amide bonds. The van der Waals surface area contributed by atoms with Crippen LogP contribution in [0.15, 0.2) is 24.3 Å². The summed E-state index contributed by atoms with van der Waals surface area (Å²) in [7, 11) is 1.62. The minimum absolute atomic E-state index is 0.0446. The van der Waals surface area contributed by atoms with E-state index in [0.717, 1.165) is 5.56 Å². The van der Waals surface area contributed by atoms with Gasteiger partial charge in [-0.05, 0) is 24.1 Å². The van der Waals surface area contributed by atoms with E-state index in [9.17, 15) is 4.79 Å². The second-order valence-electron chi connectivity index (χ2n) is 4.35. The Labute approximate surface area is 113 Å². The molecule has 1 aromatic carbocycles. The predicted molar refractivity (Wildman–Crippen MR) is 74.7 cm³/mol. The maximum Gasteiger partial charge on any atom is 0.224 e. The fraction of sp³-hybridized carbons (Fsp3) is 0.400. The molecule has 1 aromatic rings. The third kappa shape index (κ3) is 6.05. The van der Waals surface area contributed by atoms with E-state index in [2.05, 4.69) is 17.2 Å². The monoisotopic (exact) mass is 261 g/mol. The molecule has 0 spiro atoms. The standard InChI is InChI=1S/C15H19NO3/c1-12(11-19-2)9-15(18)16-14-7-3-5-13(10-14)6-4-8-17/h3,5,7,10,12,17H,8-9,11H2,1-2H3,(H,16,18). The number of aliphatic hydroxyl groups is 1. The first-order valence-electron chi connectivity index (χ1n) is 6.14. The van der Waals surface area contributed by atoms with Crippen LogP contribution in [0.3, 0.4) is 0 Å². The van der Waals surface area contributed by atoms with Crippen LogP contribution in [0.4, 0.5) is 5.69 Å². The molecular formula is C15H19NO3. The number of ether oxygens (including phenoxy) is 1. The van der Waals surface area contributed by atoms with E-state index in [1.807, 2.05) is 25.1 Å². The maximum absolute atomic E-state index is 11.8. The summed E-state index contributed by atoms with van der Waals surface area (Å²) in [6.45, 7) is 2.35. The van der Waals surface area contributed by atoms with Crippen LogP contribution in [0.5, 0.6) is 0 Å². The van der Waals surface area contributed by atoms with Crippen molar-refractivity contribution >= 4 is 11.6 Å². The molecule has 0 aliphatic carbocycles. The zero-order valence-electron chi connectivity index (χ0n) is 11.3. The number of anilines is 1. The number of amides is 1. The average Bonchev–Trinajstić information content (AvgIpc) is 2.36. The van der Waals surface area contributed by atoms with Gasteiger partial charge >= 0.3 is 0 Å². The zero-order chi connectivity index (χ0) is 14.1. The third-order valence-electron chi connectivity index (χ3n) is 2.44. The Morgan fingerprint density at radius 2 is 2.32 bits per heavy atom. The molecule has 0 aromatic heterocycles. The SMILES string of the molecule is COCC(C)CC(=O)Nc1cccc(C#CCO)c1. The molecule has 0 saturated carbocycles. The largest absolute Gasteiger partial charge is 0.384 e. The van der Waals surface area contributed by atoms with Gasteiger partial charge in [0.05, 0.1) is 0 Å². The summed E-state index contributed by atoms with van der Waals surface area (Å²) in [5.41, 5.74) is 1.47. The minimum Gasteiger partial charge on any atom is -0.384 e. The van der Waals surface area contributed by atoms with Gasteiger partial charge in [0.1, 0.15) is 6.61 Å². The van der Waals surface area contributed by atoms with Gasteiger partial charge in [0, 0.05) is 31.4 Å². The Hall–Kier alpha value is -1.83. The fourth-order valence-corrected chi connectivity index (χ4v) is 1.69. The van der Waals surface area contributed by atoms with Crippen molar-refractivity contribution in [1.29, 1.82) is 0 Å². The average molecular weight is 261 g/mol. The van der Waals surface area contributed by atoms with Crippen LogP contribution in [0.1, 0.15) is 18.9 Å². The molecule has 4 heteroatoms.